The van der Waals surface area contributed by atoms with Crippen LogP contribution in [0.2, 0.25) is 0 Å². The highest BCUT2D eigenvalue weighted by molar-refractivity contribution is 5.27. The molecule has 74 valence electrons. The molecule has 0 spiro atoms. The zero-order chi connectivity index (χ0) is 9.54. The Morgan fingerprint density at radius 1 is 1.07 bits per heavy atom. The van der Waals surface area contributed by atoms with Crippen molar-refractivity contribution >= 4 is 0 Å². The summed E-state index contributed by atoms with van der Waals surface area (Å²) in [6.45, 7) is 0.405. The summed E-state index contributed by atoms with van der Waals surface area (Å²) < 4.78 is 0. The van der Waals surface area contributed by atoms with Gasteiger partial charge in [0, 0.05) is 6.61 Å². The lowest BCUT2D eigenvalue weighted by Crippen LogP contribution is -1.92. The molecule has 1 heteroatoms. The van der Waals surface area contributed by atoms with Crippen LogP contribution in [0.5, 0.6) is 0 Å². The molecular formula is C13H16O. The van der Waals surface area contributed by atoms with E-state index in [1.54, 1.807) is 0 Å². The number of hydrogen-bond donors (Lipinski definition) is 1. The van der Waals surface area contributed by atoms with Crippen molar-refractivity contribution in [2.24, 2.45) is 17.8 Å². The third-order valence-electron chi connectivity index (χ3n) is 3.83. The summed E-state index contributed by atoms with van der Waals surface area (Å²) in [6, 6.07) is 10.8. The maximum atomic E-state index is 9.01. The largest absolute Gasteiger partial charge is 0.396 e. The minimum Gasteiger partial charge on any atom is -0.396 e. The Balaban J connectivity index is 1.64. The number of rotatable bonds is 3. The van der Waals surface area contributed by atoms with Crippen LogP contribution in [0.4, 0.5) is 0 Å². The predicted octanol–water partition coefficient (Wildman–Crippen LogP) is 2.42. The molecule has 0 radical (unpaired) electrons. The topological polar surface area (TPSA) is 20.2 Å². The fourth-order valence-corrected chi connectivity index (χ4v) is 2.78. The number of aliphatic hydroxyl groups is 1. The van der Waals surface area contributed by atoms with Gasteiger partial charge in [0.2, 0.25) is 0 Å². The normalized spacial score (nSPS) is 39.5. The third kappa shape index (κ3) is 1.36. The van der Waals surface area contributed by atoms with Crippen molar-refractivity contribution in [2.45, 2.75) is 18.8 Å². The Hall–Kier alpha value is -0.820. The first-order valence-electron chi connectivity index (χ1n) is 5.56. The first kappa shape index (κ1) is 8.49. The molecule has 0 amide bonds. The zero-order valence-corrected chi connectivity index (χ0v) is 8.26. The second-order valence-electron chi connectivity index (χ2n) is 4.76. The molecule has 2 fully saturated rings. The lowest BCUT2D eigenvalue weighted by atomic mass is 10.1. The summed E-state index contributed by atoms with van der Waals surface area (Å²) in [5.74, 6) is 3.16. The van der Waals surface area contributed by atoms with Crippen LogP contribution in [0.25, 0.3) is 0 Å². The minimum atomic E-state index is 0.405. The molecule has 0 aliphatic heterocycles. The fraction of sp³-hybridized carbons (Fsp3) is 0.538. The molecule has 1 aromatic rings. The second-order valence-corrected chi connectivity index (χ2v) is 4.76. The Bertz CT molecular complexity index is 319. The summed E-state index contributed by atoms with van der Waals surface area (Å²) in [7, 11) is 0. The second kappa shape index (κ2) is 3.09. The van der Waals surface area contributed by atoms with Gasteiger partial charge in [0.05, 0.1) is 0 Å². The van der Waals surface area contributed by atoms with Crippen LogP contribution in [0, 0.1) is 17.8 Å². The highest BCUT2D eigenvalue weighted by Crippen LogP contribution is 2.61. The number of aliphatic hydroxyl groups excluding tert-OH is 1. The van der Waals surface area contributed by atoms with Gasteiger partial charge >= 0.3 is 0 Å². The zero-order valence-electron chi connectivity index (χ0n) is 8.26. The molecule has 2 aliphatic rings. The van der Waals surface area contributed by atoms with Gasteiger partial charge in [-0.15, -0.1) is 0 Å². The maximum absolute atomic E-state index is 9.01. The van der Waals surface area contributed by atoms with Crippen molar-refractivity contribution in [3.8, 4) is 0 Å². The number of hydrogen-bond acceptors (Lipinski definition) is 1. The lowest BCUT2D eigenvalue weighted by Gasteiger charge is -1.98. The maximum Gasteiger partial charge on any atom is 0.0462 e. The molecule has 14 heavy (non-hydrogen) atoms. The van der Waals surface area contributed by atoms with Crippen molar-refractivity contribution in [2.75, 3.05) is 6.61 Å². The van der Waals surface area contributed by atoms with Gasteiger partial charge in [-0.05, 0) is 42.1 Å². The molecule has 1 aromatic carbocycles. The van der Waals surface area contributed by atoms with Gasteiger partial charge in [-0.1, -0.05) is 30.3 Å². The Morgan fingerprint density at radius 2 is 1.86 bits per heavy atom. The summed E-state index contributed by atoms with van der Waals surface area (Å²) in [5, 5.41) is 9.01. The van der Waals surface area contributed by atoms with Crippen LogP contribution < -0.4 is 0 Å². The molecule has 3 rings (SSSR count). The van der Waals surface area contributed by atoms with Crippen molar-refractivity contribution in [3.63, 3.8) is 0 Å². The first-order chi connectivity index (χ1) is 6.90. The molecule has 0 heterocycles. The van der Waals surface area contributed by atoms with E-state index in [1.165, 1.54) is 18.4 Å². The molecule has 4 atom stereocenters. The van der Waals surface area contributed by atoms with E-state index in [-0.39, 0.29) is 0 Å². The van der Waals surface area contributed by atoms with Gasteiger partial charge in [0.1, 0.15) is 0 Å². The van der Waals surface area contributed by atoms with Crippen molar-refractivity contribution < 1.29 is 5.11 Å². The van der Waals surface area contributed by atoms with E-state index in [9.17, 15) is 0 Å². The Morgan fingerprint density at radius 3 is 2.50 bits per heavy atom. The average molecular weight is 188 g/mol. The van der Waals surface area contributed by atoms with Crippen LogP contribution in [0.1, 0.15) is 24.3 Å². The fourth-order valence-electron chi connectivity index (χ4n) is 2.78. The van der Waals surface area contributed by atoms with E-state index in [4.69, 9.17) is 5.11 Å². The molecular weight excluding hydrogens is 172 g/mol. The minimum absolute atomic E-state index is 0.405. The molecule has 2 saturated carbocycles. The average Bonchev–Trinajstić information content (AvgIpc) is 3.12. The molecule has 0 aromatic heterocycles. The van der Waals surface area contributed by atoms with Gasteiger partial charge < -0.3 is 5.11 Å². The van der Waals surface area contributed by atoms with E-state index >= 15 is 0 Å². The molecule has 0 bridgehead atoms. The highest BCUT2D eigenvalue weighted by atomic mass is 16.3. The van der Waals surface area contributed by atoms with Gasteiger partial charge in [-0.25, -0.2) is 0 Å². The molecule has 0 unspecified atom stereocenters. The van der Waals surface area contributed by atoms with Crippen LogP contribution in [0.15, 0.2) is 30.3 Å². The van der Waals surface area contributed by atoms with E-state index < -0.39 is 0 Å². The van der Waals surface area contributed by atoms with Crippen molar-refractivity contribution in [1.29, 1.82) is 0 Å². The highest BCUT2D eigenvalue weighted by Gasteiger charge is 2.53. The van der Waals surface area contributed by atoms with Crippen LogP contribution in [0.3, 0.4) is 0 Å². The predicted molar refractivity (Wildman–Crippen MR) is 56.0 cm³/mol. The van der Waals surface area contributed by atoms with E-state index in [0.717, 1.165) is 17.8 Å². The van der Waals surface area contributed by atoms with Crippen LogP contribution in [-0.4, -0.2) is 11.7 Å². The van der Waals surface area contributed by atoms with E-state index in [0.29, 0.717) is 12.5 Å². The summed E-state index contributed by atoms with van der Waals surface area (Å²) in [6.07, 6.45) is 2.62. The van der Waals surface area contributed by atoms with E-state index in [1.807, 2.05) is 0 Å². The molecule has 2 aliphatic carbocycles. The van der Waals surface area contributed by atoms with Gasteiger partial charge in [0.15, 0.2) is 0 Å². The summed E-state index contributed by atoms with van der Waals surface area (Å²) in [5.41, 5.74) is 1.50. The Labute approximate surface area is 84.8 Å². The molecule has 1 nitrogen and oxygen atoms in total. The smallest absolute Gasteiger partial charge is 0.0462 e. The summed E-state index contributed by atoms with van der Waals surface area (Å²) in [4.78, 5) is 0. The van der Waals surface area contributed by atoms with Crippen LogP contribution >= 0.6 is 0 Å². The standard InChI is InChI=1S/C13H16O/c14-8-10-6-11(10)13-7-12(13)9-4-2-1-3-5-9/h1-5,10-14H,6-8H2/t10-,11-,12+,13+/m0/s1. The molecule has 1 N–H and O–H groups in total. The van der Waals surface area contributed by atoms with Gasteiger partial charge in [-0.3, -0.25) is 0 Å². The first-order valence-corrected chi connectivity index (χ1v) is 5.56. The summed E-state index contributed by atoms with van der Waals surface area (Å²) >= 11 is 0. The number of benzene rings is 1. The van der Waals surface area contributed by atoms with Crippen molar-refractivity contribution in [3.05, 3.63) is 35.9 Å². The SMILES string of the molecule is OC[C@@H]1C[C@@H]1[C@H]1C[C@@H]1c1ccccc1. The monoisotopic (exact) mass is 188 g/mol. The van der Waals surface area contributed by atoms with Gasteiger partial charge in [0.25, 0.3) is 0 Å². The van der Waals surface area contributed by atoms with E-state index in [2.05, 4.69) is 30.3 Å². The van der Waals surface area contributed by atoms with Crippen molar-refractivity contribution in [1.82, 2.24) is 0 Å². The van der Waals surface area contributed by atoms with Gasteiger partial charge in [-0.2, -0.15) is 0 Å². The Kier molecular flexibility index (Phi) is 1.88. The lowest BCUT2D eigenvalue weighted by molar-refractivity contribution is 0.266. The third-order valence-corrected chi connectivity index (χ3v) is 3.83. The van der Waals surface area contributed by atoms with Crippen LogP contribution in [-0.2, 0) is 0 Å². The quantitative estimate of drug-likeness (QED) is 0.772. The molecule has 0 saturated heterocycles.